The molecular formula is C22H28N6O3. The largest absolute Gasteiger partial charge is 0.494 e. The molecule has 1 aliphatic carbocycles. The summed E-state index contributed by atoms with van der Waals surface area (Å²) < 4.78 is 8.50. The van der Waals surface area contributed by atoms with Crippen LogP contribution in [0.15, 0.2) is 40.3 Å². The second-order valence-electron chi connectivity index (χ2n) is 8.77. The zero-order chi connectivity index (χ0) is 22.2. The van der Waals surface area contributed by atoms with E-state index in [2.05, 4.69) is 35.3 Å². The van der Waals surface area contributed by atoms with Crippen LogP contribution in [0.2, 0.25) is 0 Å². The van der Waals surface area contributed by atoms with E-state index in [0.29, 0.717) is 23.5 Å². The standard InChI is InChI=1S/C22H28N6O3/c1-22(2)8-5-15(6-9-22)21-17(31-4)12-20(30)27(25-21)13-19(29)24-16-7-10-28-18(11-16)23-14-26(28)3/h5,7,10-12,23H,6,8-9,13-14H2,1-4H3. The van der Waals surface area contributed by atoms with Crippen molar-refractivity contribution < 1.29 is 9.53 Å². The predicted molar refractivity (Wildman–Crippen MR) is 118 cm³/mol. The Morgan fingerprint density at radius 3 is 2.87 bits per heavy atom. The SMILES string of the molecule is COc1cc(=O)n(CC(=O)N=c2ccn3c(c2)NCN3C)nc1C1=CCC(C)(C)CC1. The van der Waals surface area contributed by atoms with E-state index in [4.69, 9.17) is 4.74 Å². The van der Waals surface area contributed by atoms with E-state index in [9.17, 15) is 9.59 Å². The number of hydrogen-bond donors (Lipinski definition) is 1. The lowest BCUT2D eigenvalue weighted by Crippen LogP contribution is -2.28. The van der Waals surface area contributed by atoms with Gasteiger partial charge in [-0.3, -0.25) is 14.6 Å². The lowest BCUT2D eigenvalue weighted by molar-refractivity contribution is -0.118. The molecule has 2 aromatic heterocycles. The Balaban J connectivity index is 1.61. The summed E-state index contributed by atoms with van der Waals surface area (Å²) in [6.45, 7) is 4.92. The Labute approximate surface area is 180 Å². The number of fused-ring (bicyclic) bond motifs is 1. The summed E-state index contributed by atoms with van der Waals surface area (Å²) in [5.41, 5.74) is 1.51. The molecule has 0 atom stereocenters. The normalized spacial score (nSPS) is 17.7. The summed E-state index contributed by atoms with van der Waals surface area (Å²) >= 11 is 0. The van der Waals surface area contributed by atoms with E-state index >= 15 is 0 Å². The third-order valence-corrected chi connectivity index (χ3v) is 5.77. The molecule has 9 heteroatoms. The number of ether oxygens (including phenoxy) is 1. The molecule has 9 nitrogen and oxygen atoms in total. The molecule has 1 aliphatic heterocycles. The number of nitrogens with zero attached hydrogens (tertiary/aromatic N) is 5. The zero-order valence-electron chi connectivity index (χ0n) is 18.4. The summed E-state index contributed by atoms with van der Waals surface area (Å²) in [4.78, 5) is 29.2. The average molecular weight is 425 g/mol. The van der Waals surface area contributed by atoms with Crippen LogP contribution in [0.25, 0.3) is 5.57 Å². The molecule has 1 N–H and O–H groups in total. The topological polar surface area (TPSA) is 93.8 Å². The Morgan fingerprint density at radius 2 is 2.16 bits per heavy atom. The van der Waals surface area contributed by atoms with Crippen LogP contribution in [0.4, 0.5) is 5.82 Å². The van der Waals surface area contributed by atoms with E-state index in [1.807, 2.05) is 22.9 Å². The van der Waals surface area contributed by atoms with Crippen molar-refractivity contribution in [3.63, 3.8) is 0 Å². The van der Waals surface area contributed by atoms with Gasteiger partial charge in [-0.2, -0.15) is 5.10 Å². The van der Waals surface area contributed by atoms with Gasteiger partial charge in [0.05, 0.1) is 12.5 Å². The fraction of sp³-hybridized carbons (Fsp3) is 0.455. The average Bonchev–Trinajstić information content (AvgIpc) is 3.09. The van der Waals surface area contributed by atoms with E-state index in [1.165, 1.54) is 17.9 Å². The van der Waals surface area contributed by atoms with E-state index in [0.717, 1.165) is 30.7 Å². The molecule has 0 saturated heterocycles. The van der Waals surface area contributed by atoms with E-state index < -0.39 is 11.5 Å². The number of anilines is 1. The maximum absolute atomic E-state index is 12.6. The van der Waals surface area contributed by atoms with Crippen LogP contribution in [0.3, 0.4) is 0 Å². The number of nitrogens with one attached hydrogen (secondary N) is 1. The number of pyridine rings is 1. The molecule has 0 saturated carbocycles. The first kappa shape index (κ1) is 20.9. The third kappa shape index (κ3) is 4.40. The first-order valence-corrected chi connectivity index (χ1v) is 10.4. The van der Waals surface area contributed by atoms with Crippen LogP contribution < -0.4 is 26.0 Å². The molecule has 1 amide bonds. The molecule has 2 aromatic rings. The number of allylic oxidation sites excluding steroid dienone is 2. The van der Waals surface area contributed by atoms with Gasteiger partial charge in [0, 0.05) is 25.4 Å². The molecule has 3 heterocycles. The highest BCUT2D eigenvalue weighted by Crippen LogP contribution is 2.39. The first-order valence-electron chi connectivity index (χ1n) is 10.4. The number of carbonyl (C=O) groups excluding carboxylic acids is 1. The molecule has 164 valence electrons. The van der Waals surface area contributed by atoms with Crippen molar-refractivity contribution >= 4 is 17.3 Å². The Kier molecular flexibility index (Phi) is 5.43. The highest BCUT2D eigenvalue weighted by atomic mass is 16.5. The maximum Gasteiger partial charge on any atom is 0.270 e. The maximum atomic E-state index is 12.6. The van der Waals surface area contributed by atoms with Crippen LogP contribution in [-0.4, -0.2) is 41.2 Å². The van der Waals surface area contributed by atoms with Crippen molar-refractivity contribution in [2.24, 2.45) is 10.4 Å². The fourth-order valence-corrected chi connectivity index (χ4v) is 3.82. The summed E-state index contributed by atoms with van der Waals surface area (Å²) in [5, 5.41) is 10.2. The van der Waals surface area contributed by atoms with Crippen molar-refractivity contribution in [1.82, 2.24) is 14.5 Å². The monoisotopic (exact) mass is 424 g/mol. The lowest BCUT2D eigenvalue weighted by atomic mass is 9.78. The second kappa shape index (κ2) is 8.05. The molecular weight excluding hydrogens is 396 g/mol. The molecule has 0 bridgehead atoms. The number of methoxy groups -OCH3 is 1. The number of carbonyl (C=O) groups is 1. The van der Waals surface area contributed by atoms with E-state index in [-0.39, 0.29) is 12.0 Å². The van der Waals surface area contributed by atoms with Gasteiger partial charge in [-0.1, -0.05) is 19.9 Å². The molecule has 31 heavy (non-hydrogen) atoms. The quantitative estimate of drug-likeness (QED) is 0.803. The minimum Gasteiger partial charge on any atom is -0.494 e. The first-order chi connectivity index (χ1) is 14.8. The molecule has 0 spiro atoms. The van der Waals surface area contributed by atoms with Crippen molar-refractivity contribution in [1.29, 1.82) is 0 Å². The number of rotatable bonds is 4. The van der Waals surface area contributed by atoms with Crippen LogP contribution in [-0.2, 0) is 11.3 Å². The van der Waals surface area contributed by atoms with Gasteiger partial charge in [-0.05, 0) is 36.3 Å². The van der Waals surface area contributed by atoms with Crippen molar-refractivity contribution in [3.05, 3.63) is 51.9 Å². The Bertz CT molecular complexity index is 1170. The lowest BCUT2D eigenvalue weighted by Gasteiger charge is -2.28. The van der Waals surface area contributed by atoms with Crippen molar-refractivity contribution in [3.8, 4) is 5.75 Å². The summed E-state index contributed by atoms with van der Waals surface area (Å²) in [6, 6.07) is 4.95. The Hall–Kier alpha value is -3.36. The number of hydrogen-bond acceptors (Lipinski definition) is 6. The minimum absolute atomic E-state index is 0.230. The van der Waals surface area contributed by atoms with Gasteiger partial charge in [0.25, 0.3) is 11.5 Å². The van der Waals surface area contributed by atoms with Crippen molar-refractivity contribution in [2.75, 3.05) is 31.2 Å². The molecule has 0 fully saturated rings. The van der Waals surface area contributed by atoms with Crippen LogP contribution in [0, 0.1) is 5.41 Å². The Morgan fingerprint density at radius 1 is 1.35 bits per heavy atom. The molecule has 0 unspecified atom stereocenters. The highest BCUT2D eigenvalue weighted by molar-refractivity contribution is 5.77. The minimum atomic E-state index is -0.444. The van der Waals surface area contributed by atoms with Crippen LogP contribution in [0.1, 0.15) is 38.8 Å². The zero-order valence-corrected chi connectivity index (χ0v) is 18.4. The van der Waals surface area contributed by atoms with Gasteiger partial charge < -0.3 is 10.1 Å². The highest BCUT2D eigenvalue weighted by Gasteiger charge is 2.25. The predicted octanol–water partition coefficient (Wildman–Crippen LogP) is 1.73. The second-order valence-corrected chi connectivity index (χ2v) is 8.77. The van der Waals surface area contributed by atoms with Crippen LogP contribution in [0.5, 0.6) is 5.75 Å². The number of aromatic nitrogens is 3. The van der Waals surface area contributed by atoms with Gasteiger partial charge in [-0.25, -0.2) is 14.4 Å². The summed E-state index contributed by atoms with van der Waals surface area (Å²) in [7, 11) is 3.48. The summed E-state index contributed by atoms with van der Waals surface area (Å²) in [5.74, 6) is 0.842. The molecule has 4 rings (SSSR count). The van der Waals surface area contributed by atoms with Gasteiger partial charge in [0.2, 0.25) is 0 Å². The number of amides is 1. The van der Waals surface area contributed by atoms with E-state index in [1.54, 1.807) is 12.1 Å². The summed E-state index contributed by atoms with van der Waals surface area (Å²) in [6.07, 6.45) is 6.80. The molecule has 0 aromatic carbocycles. The molecule has 0 radical (unpaired) electrons. The van der Waals surface area contributed by atoms with Crippen LogP contribution >= 0.6 is 0 Å². The van der Waals surface area contributed by atoms with Gasteiger partial charge in [0.1, 0.15) is 24.7 Å². The molecule has 2 aliphatic rings. The fourth-order valence-electron chi connectivity index (χ4n) is 3.82. The smallest absolute Gasteiger partial charge is 0.270 e. The third-order valence-electron chi connectivity index (χ3n) is 5.77. The van der Waals surface area contributed by atoms with Gasteiger partial charge in [-0.15, -0.1) is 0 Å². The van der Waals surface area contributed by atoms with Crippen molar-refractivity contribution in [2.45, 2.75) is 39.7 Å². The van der Waals surface area contributed by atoms with Gasteiger partial charge in [0.15, 0.2) is 5.75 Å². The van der Waals surface area contributed by atoms with Gasteiger partial charge >= 0.3 is 0 Å².